The maximum Gasteiger partial charge on any atom is 0.251 e. The summed E-state index contributed by atoms with van der Waals surface area (Å²) in [7, 11) is 0. The van der Waals surface area contributed by atoms with Crippen molar-refractivity contribution in [1.29, 1.82) is 0 Å². The van der Waals surface area contributed by atoms with Gasteiger partial charge in [0.05, 0.1) is 18.7 Å². The Morgan fingerprint density at radius 1 is 0.946 bits per heavy atom. The fourth-order valence-corrected chi connectivity index (χ4v) is 4.38. The van der Waals surface area contributed by atoms with Crippen molar-refractivity contribution < 1.29 is 9.59 Å². The lowest BCUT2D eigenvalue weighted by Gasteiger charge is -2.18. The molecule has 1 heterocycles. The zero-order valence-electron chi connectivity index (χ0n) is 21.0. The summed E-state index contributed by atoms with van der Waals surface area (Å²) in [5.74, 6) is -0.549. The number of benzene rings is 3. The molecule has 4 aromatic rings. The standard InChI is InChI=1S/C30H29ClN4O2/c1-20-14-15-26(17-27(20)31)35-21(2)16-25(22(35)3)19-32-34-29(36)18-28(23-10-6-4-7-11-23)33-30(37)24-12-8-5-9-13-24/h4-17,19,28H,18H2,1-3H3,(H,33,37)(H,34,36)/b32-19-/t28-/m1/s1. The molecule has 0 unspecified atom stereocenters. The minimum atomic E-state index is -0.500. The van der Waals surface area contributed by atoms with Gasteiger partial charge in [0.1, 0.15) is 0 Å². The van der Waals surface area contributed by atoms with Crippen molar-refractivity contribution in [3.8, 4) is 5.69 Å². The molecule has 0 aliphatic heterocycles. The molecule has 3 aromatic carbocycles. The number of carbonyl (C=O) groups excluding carboxylic acids is 2. The lowest BCUT2D eigenvalue weighted by atomic mass is 10.0. The second-order valence-corrected chi connectivity index (χ2v) is 9.30. The molecule has 4 rings (SSSR count). The first-order chi connectivity index (χ1) is 17.8. The van der Waals surface area contributed by atoms with Crippen molar-refractivity contribution in [1.82, 2.24) is 15.3 Å². The monoisotopic (exact) mass is 512 g/mol. The largest absolute Gasteiger partial charge is 0.345 e. The molecule has 2 amide bonds. The third-order valence-corrected chi connectivity index (χ3v) is 6.62. The number of hydrazone groups is 1. The highest BCUT2D eigenvalue weighted by Crippen LogP contribution is 2.24. The summed E-state index contributed by atoms with van der Waals surface area (Å²) < 4.78 is 2.10. The molecule has 1 aromatic heterocycles. The summed E-state index contributed by atoms with van der Waals surface area (Å²) in [5, 5.41) is 7.87. The molecule has 1 atom stereocenters. The first kappa shape index (κ1) is 25.9. The number of nitrogens with one attached hydrogen (secondary N) is 2. The number of hydrogen-bond acceptors (Lipinski definition) is 3. The number of aryl methyl sites for hydroxylation is 2. The zero-order chi connectivity index (χ0) is 26.4. The van der Waals surface area contributed by atoms with Crippen LogP contribution < -0.4 is 10.7 Å². The number of amides is 2. The lowest BCUT2D eigenvalue weighted by Crippen LogP contribution is -2.32. The zero-order valence-corrected chi connectivity index (χ0v) is 21.8. The first-order valence-electron chi connectivity index (χ1n) is 12.0. The van der Waals surface area contributed by atoms with Gasteiger partial charge in [0.25, 0.3) is 5.91 Å². The van der Waals surface area contributed by atoms with Crippen molar-refractivity contribution in [3.05, 3.63) is 124 Å². The number of aromatic nitrogens is 1. The molecule has 0 aliphatic rings. The van der Waals surface area contributed by atoms with Crippen molar-refractivity contribution >= 4 is 29.6 Å². The Balaban J connectivity index is 1.45. The van der Waals surface area contributed by atoms with Crippen LogP contribution in [-0.4, -0.2) is 22.6 Å². The van der Waals surface area contributed by atoms with E-state index in [4.69, 9.17) is 11.6 Å². The fraction of sp³-hybridized carbons (Fsp3) is 0.167. The highest BCUT2D eigenvalue weighted by Gasteiger charge is 2.19. The van der Waals surface area contributed by atoms with Crippen LogP contribution in [0, 0.1) is 20.8 Å². The predicted octanol–water partition coefficient (Wildman–Crippen LogP) is 6.07. The van der Waals surface area contributed by atoms with E-state index in [9.17, 15) is 9.59 Å². The first-order valence-corrected chi connectivity index (χ1v) is 12.4. The van der Waals surface area contributed by atoms with E-state index in [1.165, 1.54) is 0 Å². The second-order valence-electron chi connectivity index (χ2n) is 8.90. The number of hydrogen-bond donors (Lipinski definition) is 2. The van der Waals surface area contributed by atoms with Gasteiger partial charge in [0.15, 0.2) is 0 Å². The molecule has 0 spiro atoms. The molecular weight excluding hydrogens is 484 g/mol. The number of carbonyl (C=O) groups is 2. The van der Waals surface area contributed by atoms with Crippen LogP contribution in [0.15, 0.2) is 90.0 Å². The Labute approximate surface area is 222 Å². The quantitative estimate of drug-likeness (QED) is 0.222. The number of nitrogens with zero attached hydrogens (tertiary/aromatic N) is 2. The Kier molecular flexibility index (Phi) is 8.21. The van der Waals surface area contributed by atoms with Crippen LogP contribution in [0.4, 0.5) is 0 Å². The van der Waals surface area contributed by atoms with Crippen molar-refractivity contribution in [2.24, 2.45) is 5.10 Å². The number of rotatable bonds is 8. The van der Waals surface area contributed by atoms with Crippen LogP contribution in [0.1, 0.15) is 50.9 Å². The van der Waals surface area contributed by atoms with E-state index in [1.807, 2.05) is 81.4 Å². The van der Waals surface area contributed by atoms with Crippen molar-refractivity contribution in [2.45, 2.75) is 33.2 Å². The number of halogens is 1. The van der Waals surface area contributed by atoms with Gasteiger partial charge in [-0.05, 0) is 62.2 Å². The molecule has 0 fully saturated rings. The van der Waals surface area contributed by atoms with Crippen LogP contribution in [0.2, 0.25) is 5.02 Å². The predicted molar refractivity (Wildman–Crippen MR) is 148 cm³/mol. The Hall–Kier alpha value is -4.16. The van der Waals surface area contributed by atoms with Crippen LogP contribution in [0.5, 0.6) is 0 Å². The summed E-state index contributed by atoms with van der Waals surface area (Å²) >= 11 is 6.33. The van der Waals surface area contributed by atoms with Crippen LogP contribution in [0.25, 0.3) is 5.69 Å². The average molecular weight is 513 g/mol. The van der Waals surface area contributed by atoms with E-state index in [-0.39, 0.29) is 18.2 Å². The van der Waals surface area contributed by atoms with Gasteiger partial charge >= 0.3 is 0 Å². The highest BCUT2D eigenvalue weighted by molar-refractivity contribution is 6.31. The SMILES string of the molecule is Cc1ccc(-n2c(C)cc(/C=N\NC(=O)C[C@@H](NC(=O)c3ccccc3)c3ccccc3)c2C)cc1Cl. The molecule has 0 saturated carbocycles. The molecule has 188 valence electrons. The molecule has 0 radical (unpaired) electrons. The molecule has 37 heavy (non-hydrogen) atoms. The molecule has 6 nitrogen and oxygen atoms in total. The van der Waals surface area contributed by atoms with Gasteiger partial charge in [-0.15, -0.1) is 0 Å². The van der Waals surface area contributed by atoms with Crippen molar-refractivity contribution in [3.63, 3.8) is 0 Å². The molecule has 0 saturated heterocycles. The van der Waals surface area contributed by atoms with E-state index in [1.54, 1.807) is 30.5 Å². The fourth-order valence-electron chi connectivity index (χ4n) is 4.21. The Bertz CT molecular complexity index is 1430. The van der Waals surface area contributed by atoms with E-state index in [0.29, 0.717) is 10.6 Å². The molecular formula is C30H29ClN4O2. The molecule has 0 aliphatic carbocycles. The van der Waals surface area contributed by atoms with E-state index in [2.05, 4.69) is 20.4 Å². The van der Waals surface area contributed by atoms with Gasteiger partial charge in [-0.2, -0.15) is 5.10 Å². The van der Waals surface area contributed by atoms with Gasteiger partial charge in [-0.3, -0.25) is 9.59 Å². The lowest BCUT2D eigenvalue weighted by molar-refractivity contribution is -0.121. The average Bonchev–Trinajstić information content (AvgIpc) is 3.19. The Morgan fingerprint density at radius 2 is 1.62 bits per heavy atom. The second kappa shape index (κ2) is 11.7. The molecule has 2 N–H and O–H groups in total. The third-order valence-electron chi connectivity index (χ3n) is 6.21. The van der Waals surface area contributed by atoms with Gasteiger partial charge in [0.2, 0.25) is 5.91 Å². The van der Waals surface area contributed by atoms with Gasteiger partial charge < -0.3 is 9.88 Å². The molecule has 7 heteroatoms. The maximum atomic E-state index is 12.8. The minimum Gasteiger partial charge on any atom is -0.345 e. The van der Waals surface area contributed by atoms with Crippen molar-refractivity contribution in [2.75, 3.05) is 0 Å². The minimum absolute atomic E-state index is 0.0425. The maximum absolute atomic E-state index is 12.8. The molecule has 0 bridgehead atoms. The highest BCUT2D eigenvalue weighted by atomic mass is 35.5. The summed E-state index contributed by atoms with van der Waals surface area (Å²) in [5.41, 5.74) is 8.85. The van der Waals surface area contributed by atoms with Crippen LogP contribution in [0.3, 0.4) is 0 Å². The summed E-state index contributed by atoms with van der Waals surface area (Å²) in [6.07, 6.45) is 1.67. The van der Waals surface area contributed by atoms with E-state index >= 15 is 0 Å². The third kappa shape index (κ3) is 6.35. The van der Waals surface area contributed by atoms with E-state index < -0.39 is 6.04 Å². The van der Waals surface area contributed by atoms with Gasteiger partial charge in [-0.1, -0.05) is 66.2 Å². The smallest absolute Gasteiger partial charge is 0.251 e. The summed E-state index contributed by atoms with van der Waals surface area (Å²) in [6, 6.07) is 25.8. The van der Waals surface area contributed by atoms with Crippen LogP contribution >= 0.6 is 11.6 Å². The summed E-state index contributed by atoms with van der Waals surface area (Å²) in [6.45, 7) is 5.97. The van der Waals surface area contributed by atoms with E-state index in [0.717, 1.165) is 33.8 Å². The van der Waals surface area contributed by atoms with Gasteiger partial charge in [-0.25, -0.2) is 5.43 Å². The Morgan fingerprint density at radius 3 is 2.30 bits per heavy atom. The normalized spacial score (nSPS) is 11.9. The van der Waals surface area contributed by atoms with Gasteiger partial charge in [0, 0.05) is 33.2 Å². The van der Waals surface area contributed by atoms with Crippen LogP contribution in [-0.2, 0) is 4.79 Å². The summed E-state index contributed by atoms with van der Waals surface area (Å²) in [4.78, 5) is 25.5. The topological polar surface area (TPSA) is 75.5 Å².